The molecule has 0 aliphatic heterocycles. The average Bonchev–Trinajstić information content (AvgIpc) is 3.44. The fourth-order valence-corrected chi connectivity index (χ4v) is 3.83. The highest BCUT2D eigenvalue weighted by molar-refractivity contribution is 5.98. The van der Waals surface area contributed by atoms with Gasteiger partial charge in [0, 0.05) is 41.5 Å². The fourth-order valence-electron chi connectivity index (χ4n) is 3.83. The van der Waals surface area contributed by atoms with E-state index in [2.05, 4.69) is 30.1 Å². The van der Waals surface area contributed by atoms with Crippen LogP contribution in [0.5, 0.6) is 0 Å². The number of hydrogen-bond acceptors (Lipinski definition) is 6. The Balaban J connectivity index is 1.55. The highest BCUT2D eigenvalue weighted by Crippen LogP contribution is 2.34. The van der Waals surface area contributed by atoms with Crippen molar-refractivity contribution in [1.29, 1.82) is 0 Å². The van der Waals surface area contributed by atoms with Gasteiger partial charge in [-0.3, -0.25) is 20.1 Å². The molecule has 0 bridgehead atoms. The van der Waals surface area contributed by atoms with E-state index in [0.717, 1.165) is 22.2 Å². The molecule has 0 amide bonds. The lowest BCUT2D eigenvalue weighted by Crippen LogP contribution is -1.94. The number of para-hydroxylation sites is 1. The zero-order valence-corrected chi connectivity index (χ0v) is 16.5. The molecule has 0 aliphatic rings. The Morgan fingerprint density at radius 1 is 0.875 bits per heavy atom. The maximum Gasteiger partial charge on any atom is 0.161 e. The first-order valence-electron chi connectivity index (χ1n) is 9.82. The van der Waals surface area contributed by atoms with Crippen LogP contribution in [0.3, 0.4) is 0 Å². The third-order valence-electron chi connectivity index (χ3n) is 5.29. The summed E-state index contributed by atoms with van der Waals surface area (Å²) in [5.74, 6) is -0.0732. The molecule has 9 heteroatoms. The van der Waals surface area contributed by atoms with E-state index < -0.39 is 5.82 Å². The molecule has 0 saturated heterocycles. The highest BCUT2D eigenvalue weighted by atomic mass is 19.1. The molecule has 0 saturated carbocycles. The van der Waals surface area contributed by atoms with Gasteiger partial charge < -0.3 is 10.7 Å². The maximum absolute atomic E-state index is 15.6. The van der Waals surface area contributed by atoms with Gasteiger partial charge >= 0.3 is 0 Å². The topological polar surface area (TPSA) is 122 Å². The summed E-state index contributed by atoms with van der Waals surface area (Å²) in [6, 6.07) is 11.3. The summed E-state index contributed by atoms with van der Waals surface area (Å²) in [4.78, 5) is 20.5. The summed E-state index contributed by atoms with van der Waals surface area (Å²) in [5, 5.41) is 7.46. The van der Waals surface area contributed by atoms with Crippen molar-refractivity contribution in [2.45, 2.75) is 0 Å². The quantitative estimate of drug-likeness (QED) is 0.390. The number of aromatic amines is 2. The second-order valence-corrected chi connectivity index (χ2v) is 7.32. The zero-order valence-electron chi connectivity index (χ0n) is 16.5. The number of imidazole rings is 1. The summed E-state index contributed by atoms with van der Waals surface area (Å²) < 4.78 is 15.6. The number of rotatable bonds is 3. The van der Waals surface area contributed by atoms with E-state index in [1.54, 1.807) is 18.5 Å². The molecule has 32 heavy (non-hydrogen) atoms. The summed E-state index contributed by atoms with van der Waals surface area (Å²) in [6.45, 7) is 0. The van der Waals surface area contributed by atoms with Gasteiger partial charge in [-0.1, -0.05) is 18.2 Å². The first-order chi connectivity index (χ1) is 15.7. The summed E-state index contributed by atoms with van der Waals surface area (Å²) in [6.07, 6.45) is 8.06. The highest BCUT2D eigenvalue weighted by Gasteiger charge is 2.21. The molecule has 8 nitrogen and oxygen atoms in total. The van der Waals surface area contributed by atoms with E-state index in [-0.39, 0.29) is 5.69 Å². The minimum Gasteiger partial charge on any atom is -0.397 e. The molecule has 0 aliphatic carbocycles. The number of fused-ring (bicyclic) bond motifs is 2. The van der Waals surface area contributed by atoms with Gasteiger partial charge in [-0.05, 0) is 18.2 Å². The van der Waals surface area contributed by atoms with Gasteiger partial charge in [0.2, 0.25) is 0 Å². The van der Waals surface area contributed by atoms with Crippen LogP contribution < -0.4 is 5.73 Å². The molecule has 0 radical (unpaired) electrons. The van der Waals surface area contributed by atoms with Gasteiger partial charge in [0.1, 0.15) is 11.4 Å². The van der Waals surface area contributed by atoms with Crippen LogP contribution in [0.2, 0.25) is 0 Å². The molecule has 5 aromatic heterocycles. The number of nitrogens with zero attached hydrogens (tertiary/aromatic N) is 5. The number of halogens is 1. The minimum absolute atomic E-state index is 0.145. The van der Waals surface area contributed by atoms with E-state index >= 15 is 4.39 Å². The standard InChI is InChI=1S/C23H15FN8/c24-19-18-17(11-28-20(19)13-7-14(25)10-27-9-13)31-32-22(18)23-29-16-5-1-4-15(21(16)30-23)12-3-2-6-26-8-12/h1-11H,25H2,(H,29,30)(H,31,32). The van der Waals surface area contributed by atoms with E-state index in [1.807, 2.05) is 30.3 Å². The molecule has 0 atom stereocenters. The average molecular weight is 422 g/mol. The Labute approximate surface area is 180 Å². The van der Waals surface area contributed by atoms with Gasteiger partial charge in [-0.2, -0.15) is 5.10 Å². The summed E-state index contributed by atoms with van der Waals surface area (Å²) in [5.41, 5.74) is 11.1. The smallest absolute Gasteiger partial charge is 0.161 e. The summed E-state index contributed by atoms with van der Waals surface area (Å²) >= 11 is 0. The van der Waals surface area contributed by atoms with E-state index in [4.69, 9.17) is 10.7 Å². The van der Waals surface area contributed by atoms with Crippen LogP contribution in [0.4, 0.5) is 10.1 Å². The monoisotopic (exact) mass is 422 g/mol. The molecule has 6 aromatic rings. The van der Waals surface area contributed by atoms with Crippen LogP contribution in [-0.4, -0.2) is 35.1 Å². The number of H-pyrrole nitrogens is 2. The number of pyridine rings is 3. The van der Waals surface area contributed by atoms with Gasteiger partial charge in [0.25, 0.3) is 0 Å². The normalized spacial score (nSPS) is 11.4. The van der Waals surface area contributed by atoms with E-state index in [0.29, 0.717) is 33.7 Å². The lowest BCUT2D eigenvalue weighted by atomic mass is 10.1. The zero-order chi connectivity index (χ0) is 21.7. The molecule has 5 heterocycles. The predicted molar refractivity (Wildman–Crippen MR) is 120 cm³/mol. The Bertz CT molecular complexity index is 1600. The molecule has 154 valence electrons. The van der Waals surface area contributed by atoms with Crippen LogP contribution >= 0.6 is 0 Å². The third kappa shape index (κ3) is 2.79. The number of benzene rings is 1. The van der Waals surface area contributed by atoms with Crippen LogP contribution in [0.25, 0.3) is 55.8 Å². The number of aromatic nitrogens is 7. The van der Waals surface area contributed by atoms with Crippen molar-refractivity contribution in [3.8, 4) is 33.9 Å². The van der Waals surface area contributed by atoms with Crippen molar-refractivity contribution in [3.63, 3.8) is 0 Å². The van der Waals surface area contributed by atoms with Crippen LogP contribution in [0.1, 0.15) is 0 Å². The predicted octanol–water partition coefficient (Wildman–Crippen LogP) is 4.35. The first kappa shape index (κ1) is 18.1. The summed E-state index contributed by atoms with van der Waals surface area (Å²) in [7, 11) is 0. The van der Waals surface area contributed by atoms with Crippen LogP contribution in [0, 0.1) is 5.82 Å². The Morgan fingerprint density at radius 2 is 1.78 bits per heavy atom. The molecule has 1 aromatic carbocycles. The molecule has 0 unspecified atom stereocenters. The van der Waals surface area contributed by atoms with Crippen molar-refractivity contribution in [2.24, 2.45) is 0 Å². The molecular formula is C23H15FN8. The van der Waals surface area contributed by atoms with Crippen molar-refractivity contribution >= 4 is 27.6 Å². The number of nitrogens with two attached hydrogens (primary N) is 1. The molecule has 4 N–H and O–H groups in total. The van der Waals surface area contributed by atoms with Gasteiger partial charge in [0.15, 0.2) is 11.6 Å². The van der Waals surface area contributed by atoms with Crippen molar-refractivity contribution < 1.29 is 4.39 Å². The molecule has 0 spiro atoms. The number of nitrogen functional groups attached to an aromatic ring is 1. The first-order valence-corrected chi connectivity index (χ1v) is 9.82. The number of nitrogens with one attached hydrogen (secondary N) is 2. The minimum atomic E-state index is -0.522. The van der Waals surface area contributed by atoms with Crippen LogP contribution in [-0.2, 0) is 0 Å². The lowest BCUT2D eigenvalue weighted by Gasteiger charge is -2.04. The third-order valence-corrected chi connectivity index (χ3v) is 5.29. The lowest BCUT2D eigenvalue weighted by molar-refractivity contribution is 0.638. The number of hydrogen-bond donors (Lipinski definition) is 3. The molecule has 0 fully saturated rings. The molecular weight excluding hydrogens is 407 g/mol. The second-order valence-electron chi connectivity index (χ2n) is 7.32. The van der Waals surface area contributed by atoms with Gasteiger partial charge in [0.05, 0.1) is 33.8 Å². The Morgan fingerprint density at radius 3 is 2.62 bits per heavy atom. The largest absolute Gasteiger partial charge is 0.397 e. The van der Waals surface area contributed by atoms with E-state index in [9.17, 15) is 0 Å². The van der Waals surface area contributed by atoms with Crippen molar-refractivity contribution in [2.75, 3.05) is 5.73 Å². The maximum atomic E-state index is 15.6. The molecule has 6 rings (SSSR count). The van der Waals surface area contributed by atoms with Crippen molar-refractivity contribution in [1.82, 2.24) is 35.1 Å². The van der Waals surface area contributed by atoms with Crippen LogP contribution in [0.15, 0.2) is 67.4 Å². The second kappa shape index (κ2) is 6.95. The Kier molecular flexibility index (Phi) is 3.94. The number of anilines is 1. The van der Waals surface area contributed by atoms with E-state index in [1.165, 1.54) is 18.6 Å². The van der Waals surface area contributed by atoms with Gasteiger partial charge in [-0.15, -0.1) is 0 Å². The Hall–Kier alpha value is -4.66. The van der Waals surface area contributed by atoms with Crippen molar-refractivity contribution in [3.05, 3.63) is 73.2 Å². The fraction of sp³-hybridized carbons (Fsp3) is 0. The SMILES string of the molecule is Nc1cncc(-c2ncc3[nH]nc(-c4nc5c(-c6cccnc6)cccc5[nH]4)c3c2F)c1. The van der Waals surface area contributed by atoms with Gasteiger partial charge in [-0.25, -0.2) is 9.37 Å².